The molecule has 0 unspecified atom stereocenters. The van der Waals surface area contributed by atoms with E-state index in [9.17, 15) is 0 Å². The molecule has 1 aromatic heterocycles. The van der Waals surface area contributed by atoms with Crippen LogP contribution in [0.1, 0.15) is 141 Å². The summed E-state index contributed by atoms with van der Waals surface area (Å²) >= 11 is 0. The summed E-state index contributed by atoms with van der Waals surface area (Å²) in [5.41, 5.74) is 0.450. The number of nitrogens with zero attached hydrogens (tertiary/aromatic N) is 3. The zero-order valence-corrected chi connectivity index (χ0v) is 18.9. The highest BCUT2D eigenvalue weighted by Gasteiger charge is 2.35. The first-order chi connectivity index (χ1) is 13.4. The van der Waals surface area contributed by atoms with Gasteiger partial charge in [-0.2, -0.15) is 0 Å². The van der Waals surface area contributed by atoms with E-state index in [2.05, 4.69) is 32.3 Å². The minimum atomic E-state index is 0.450. The third-order valence-electron chi connectivity index (χ3n) is 8.39. The first-order valence-electron chi connectivity index (χ1n) is 12.4. The van der Waals surface area contributed by atoms with Crippen LogP contribution in [0, 0.1) is 17.3 Å². The van der Waals surface area contributed by atoms with Crippen molar-refractivity contribution >= 4 is 0 Å². The molecule has 1 heterocycles. The number of aromatic nitrogens is 3. The van der Waals surface area contributed by atoms with Gasteiger partial charge < -0.3 is 4.57 Å². The minimum absolute atomic E-state index is 0.450. The fourth-order valence-electron chi connectivity index (χ4n) is 6.32. The molecule has 3 aliphatic rings. The predicted molar refractivity (Wildman–Crippen MR) is 117 cm³/mol. The normalized spacial score (nSPS) is 33.1. The molecule has 0 bridgehead atoms. The quantitative estimate of drug-likeness (QED) is 0.543. The van der Waals surface area contributed by atoms with Gasteiger partial charge >= 0.3 is 0 Å². The van der Waals surface area contributed by atoms with E-state index in [-0.39, 0.29) is 0 Å². The average molecular weight is 386 g/mol. The van der Waals surface area contributed by atoms with E-state index in [1.807, 2.05) is 0 Å². The molecule has 0 aromatic carbocycles. The lowest BCUT2D eigenvalue weighted by Gasteiger charge is -2.37. The zero-order valence-electron chi connectivity index (χ0n) is 18.9. The van der Waals surface area contributed by atoms with Gasteiger partial charge in [0.1, 0.15) is 11.6 Å². The van der Waals surface area contributed by atoms with Crippen LogP contribution in [0.4, 0.5) is 0 Å². The van der Waals surface area contributed by atoms with Crippen LogP contribution in [-0.2, 0) is 0 Å². The summed E-state index contributed by atoms with van der Waals surface area (Å²) in [7, 11) is 0. The second-order valence-corrected chi connectivity index (χ2v) is 11.4. The van der Waals surface area contributed by atoms with Crippen molar-refractivity contribution in [3.05, 3.63) is 11.6 Å². The van der Waals surface area contributed by atoms with Crippen LogP contribution in [0.2, 0.25) is 0 Å². The van der Waals surface area contributed by atoms with Gasteiger partial charge in [0, 0.05) is 17.9 Å². The SMILES string of the molecule is CC1CCC(c2nnc(C3CCC(C(C)(C)C)CC3)n2C2CCCCC2)CC1. The molecule has 158 valence electrons. The Hall–Kier alpha value is -0.860. The van der Waals surface area contributed by atoms with Gasteiger partial charge in [-0.15, -0.1) is 10.2 Å². The maximum absolute atomic E-state index is 4.91. The summed E-state index contributed by atoms with van der Waals surface area (Å²) in [6, 6.07) is 0.674. The Kier molecular flexibility index (Phi) is 6.18. The molecular weight excluding hydrogens is 342 g/mol. The van der Waals surface area contributed by atoms with Gasteiger partial charge in [-0.05, 0) is 68.6 Å². The summed E-state index contributed by atoms with van der Waals surface area (Å²) in [6.07, 6.45) is 17.6. The number of hydrogen-bond donors (Lipinski definition) is 0. The largest absolute Gasteiger partial charge is 0.311 e. The first-order valence-corrected chi connectivity index (χ1v) is 12.4. The summed E-state index contributed by atoms with van der Waals surface area (Å²) in [5, 5.41) is 9.81. The van der Waals surface area contributed by atoms with Crippen molar-refractivity contribution in [3.63, 3.8) is 0 Å². The highest BCUT2D eigenvalue weighted by molar-refractivity contribution is 5.11. The average Bonchev–Trinajstić information content (AvgIpc) is 3.14. The molecule has 0 atom stereocenters. The monoisotopic (exact) mass is 385 g/mol. The Morgan fingerprint density at radius 3 is 1.68 bits per heavy atom. The van der Waals surface area contributed by atoms with Crippen molar-refractivity contribution in [2.75, 3.05) is 0 Å². The molecular formula is C25H43N3. The van der Waals surface area contributed by atoms with Crippen LogP contribution in [0.3, 0.4) is 0 Å². The highest BCUT2D eigenvalue weighted by Crippen LogP contribution is 2.45. The van der Waals surface area contributed by atoms with E-state index in [4.69, 9.17) is 10.2 Å². The van der Waals surface area contributed by atoms with Crippen molar-refractivity contribution in [1.29, 1.82) is 0 Å². The molecule has 28 heavy (non-hydrogen) atoms. The Labute approximate surface area is 173 Å². The summed E-state index contributed by atoms with van der Waals surface area (Å²) in [4.78, 5) is 0. The molecule has 3 fully saturated rings. The van der Waals surface area contributed by atoms with Crippen LogP contribution in [0.15, 0.2) is 0 Å². The van der Waals surface area contributed by atoms with Crippen molar-refractivity contribution in [2.45, 2.75) is 129 Å². The van der Waals surface area contributed by atoms with Gasteiger partial charge in [-0.1, -0.05) is 59.8 Å². The van der Waals surface area contributed by atoms with Crippen molar-refractivity contribution in [3.8, 4) is 0 Å². The Morgan fingerprint density at radius 2 is 1.18 bits per heavy atom. The second-order valence-electron chi connectivity index (χ2n) is 11.4. The lowest BCUT2D eigenvalue weighted by Crippen LogP contribution is -2.27. The number of hydrogen-bond acceptors (Lipinski definition) is 2. The van der Waals surface area contributed by atoms with E-state index in [0.717, 1.165) is 11.8 Å². The fourth-order valence-corrected chi connectivity index (χ4v) is 6.32. The molecule has 3 aliphatic carbocycles. The maximum Gasteiger partial charge on any atom is 0.136 e. The Morgan fingerprint density at radius 1 is 0.679 bits per heavy atom. The highest BCUT2D eigenvalue weighted by atomic mass is 15.3. The fraction of sp³-hybridized carbons (Fsp3) is 0.920. The van der Waals surface area contributed by atoms with Gasteiger partial charge in [-0.25, -0.2) is 0 Å². The summed E-state index contributed by atoms with van der Waals surface area (Å²) in [6.45, 7) is 9.68. The van der Waals surface area contributed by atoms with E-state index in [0.29, 0.717) is 23.3 Å². The molecule has 0 saturated heterocycles. The van der Waals surface area contributed by atoms with Crippen LogP contribution >= 0.6 is 0 Å². The van der Waals surface area contributed by atoms with Gasteiger partial charge in [0.25, 0.3) is 0 Å². The molecule has 3 nitrogen and oxygen atoms in total. The summed E-state index contributed by atoms with van der Waals surface area (Å²) in [5.74, 6) is 5.80. The molecule has 0 amide bonds. The molecule has 0 radical (unpaired) electrons. The Bertz CT molecular complexity index is 619. The second kappa shape index (κ2) is 8.48. The minimum Gasteiger partial charge on any atom is -0.311 e. The van der Waals surface area contributed by atoms with Crippen LogP contribution in [0.5, 0.6) is 0 Å². The topological polar surface area (TPSA) is 30.7 Å². The lowest BCUT2D eigenvalue weighted by atomic mass is 9.69. The van der Waals surface area contributed by atoms with E-state index < -0.39 is 0 Å². The molecule has 0 spiro atoms. The number of rotatable bonds is 3. The van der Waals surface area contributed by atoms with E-state index in [1.165, 1.54) is 95.1 Å². The molecule has 3 heteroatoms. The van der Waals surface area contributed by atoms with Crippen LogP contribution in [0.25, 0.3) is 0 Å². The Balaban J connectivity index is 1.57. The zero-order chi connectivity index (χ0) is 19.7. The van der Waals surface area contributed by atoms with Crippen molar-refractivity contribution < 1.29 is 0 Å². The smallest absolute Gasteiger partial charge is 0.136 e. The molecule has 3 saturated carbocycles. The molecule has 4 rings (SSSR count). The third kappa shape index (κ3) is 4.33. The maximum atomic E-state index is 4.91. The lowest BCUT2D eigenvalue weighted by molar-refractivity contribution is 0.164. The predicted octanol–water partition coefficient (Wildman–Crippen LogP) is 7.40. The van der Waals surface area contributed by atoms with Crippen LogP contribution in [-0.4, -0.2) is 14.8 Å². The van der Waals surface area contributed by atoms with E-state index >= 15 is 0 Å². The molecule has 0 N–H and O–H groups in total. The van der Waals surface area contributed by atoms with Crippen molar-refractivity contribution in [2.24, 2.45) is 17.3 Å². The van der Waals surface area contributed by atoms with E-state index in [1.54, 1.807) is 0 Å². The van der Waals surface area contributed by atoms with Gasteiger partial charge in [0.15, 0.2) is 0 Å². The third-order valence-corrected chi connectivity index (χ3v) is 8.39. The standard InChI is InChI=1S/C25H43N3/c1-18-10-12-19(13-11-18)23-26-27-24(28(23)22-8-6-5-7-9-22)20-14-16-21(17-15-20)25(2,3)4/h18-22H,5-17H2,1-4H3. The van der Waals surface area contributed by atoms with Gasteiger partial charge in [0.05, 0.1) is 0 Å². The van der Waals surface area contributed by atoms with Crippen LogP contribution < -0.4 is 0 Å². The molecule has 0 aliphatic heterocycles. The molecule has 1 aromatic rings. The van der Waals surface area contributed by atoms with Crippen molar-refractivity contribution in [1.82, 2.24) is 14.8 Å². The summed E-state index contributed by atoms with van der Waals surface area (Å²) < 4.78 is 2.71. The van der Waals surface area contributed by atoms with Gasteiger partial charge in [-0.3, -0.25) is 0 Å². The first kappa shape index (κ1) is 20.4. The van der Waals surface area contributed by atoms with Gasteiger partial charge in [0.2, 0.25) is 0 Å².